The Morgan fingerprint density at radius 3 is 2.85 bits per heavy atom. The van der Waals surface area contributed by atoms with Crippen molar-refractivity contribution in [2.24, 2.45) is 0 Å². The standard InChI is InChI=1S/C19H21N3O3S/c1-12-15-8-3-4-9-16(15)22-19(20-12)26-11-17(23)21-14-7-5-6-13(10-14)18(24)25-2/h5-7,10H,3-4,8-9,11H2,1-2H3,(H,21,23). The topological polar surface area (TPSA) is 81.2 Å². The van der Waals surface area contributed by atoms with Crippen molar-refractivity contribution in [1.82, 2.24) is 9.97 Å². The van der Waals surface area contributed by atoms with Crippen LogP contribution in [0.25, 0.3) is 0 Å². The van der Waals surface area contributed by atoms with Crippen LogP contribution in [0.4, 0.5) is 5.69 Å². The molecule has 0 bridgehead atoms. The minimum absolute atomic E-state index is 0.170. The molecule has 1 aromatic heterocycles. The molecule has 136 valence electrons. The van der Waals surface area contributed by atoms with Crippen LogP contribution < -0.4 is 5.32 Å². The molecule has 1 aliphatic rings. The van der Waals surface area contributed by atoms with Crippen LogP contribution in [0, 0.1) is 6.92 Å². The molecule has 0 unspecified atom stereocenters. The van der Waals surface area contributed by atoms with Gasteiger partial charge in [-0.2, -0.15) is 0 Å². The first-order chi connectivity index (χ1) is 12.6. The highest BCUT2D eigenvalue weighted by atomic mass is 32.2. The average molecular weight is 371 g/mol. The smallest absolute Gasteiger partial charge is 0.337 e. The van der Waals surface area contributed by atoms with Gasteiger partial charge in [-0.05, 0) is 56.4 Å². The van der Waals surface area contributed by atoms with Crippen molar-refractivity contribution in [3.63, 3.8) is 0 Å². The maximum absolute atomic E-state index is 12.2. The van der Waals surface area contributed by atoms with E-state index in [4.69, 9.17) is 0 Å². The molecular weight excluding hydrogens is 350 g/mol. The van der Waals surface area contributed by atoms with Gasteiger partial charge in [0.1, 0.15) is 0 Å². The Morgan fingerprint density at radius 2 is 2.04 bits per heavy atom. The van der Waals surface area contributed by atoms with E-state index >= 15 is 0 Å². The molecule has 7 heteroatoms. The molecule has 0 fully saturated rings. The number of hydrogen-bond acceptors (Lipinski definition) is 6. The molecule has 6 nitrogen and oxygen atoms in total. The van der Waals surface area contributed by atoms with Crippen LogP contribution in [-0.2, 0) is 22.4 Å². The number of nitrogens with zero attached hydrogens (tertiary/aromatic N) is 2. The number of fused-ring (bicyclic) bond motifs is 1. The molecule has 0 spiro atoms. The zero-order chi connectivity index (χ0) is 18.5. The molecule has 1 aliphatic carbocycles. The van der Waals surface area contributed by atoms with Gasteiger partial charge in [-0.25, -0.2) is 14.8 Å². The minimum atomic E-state index is -0.437. The lowest BCUT2D eigenvalue weighted by atomic mass is 9.95. The normalized spacial score (nSPS) is 13.0. The molecular formula is C19H21N3O3S. The fraction of sp³-hybridized carbons (Fsp3) is 0.368. The Morgan fingerprint density at radius 1 is 1.23 bits per heavy atom. The van der Waals surface area contributed by atoms with E-state index in [1.807, 2.05) is 6.92 Å². The van der Waals surface area contributed by atoms with Crippen LogP contribution in [-0.4, -0.2) is 34.7 Å². The van der Waals surface area contributed by atoms with E-state index in [1.54, 1.807) is 24.3 Å². The Labute approximate surface area is 156 Å². The van der Waals surface area contributed by atoms with E-state index in [1.165, 1.54) is 30.9 Å². The van der Waals surface area contributed by atoms with Crippen molar-refractivity contribution >= 4 is 29.3 Å². The average Bonchev–Trinajstić information content (AvgIpc) is 2.66. The summed E-state index contributed by atoms with van der Waals surface area (Å²) < 4.78 is 4.69. The first-order valence-corrected chi connectivity index (χ1v) is 9.53. The summed E-state index contributed by atoms with van der Waals surface area (Å²) in [7, 11) is 1.32. The van der Waals surface area contributed by atoms with E-state index in [-0.39, 0.29) is 11.7 Å². The van der Waals surface area contributed by atoms with Gasteiger partial charge in [-0.1, -0.05) is 17.8 Å². The summed E-state index contributed by atoms with van der Waals surface area (Å²) in [5.74, 6) is -0.398. The molecule has 1 heterocycles. The van der Waals surface area contributed by atoms with E-state index in [0.717, 1.165) is 30.7 Å². The van der Waals surface area contributed by atoms with E-state index in [2.05, 4.69) is 20.0 Å². The lowest BCUT2D eigenvalue weighted by Crippen LogP contribution is -2.15. The third kappa shape index (κ3) is 4.40. The van der Waals surface area contributed by atoms with E-state index in [9.17, 15) is 9.59 Å². The molecule has 3 rings (SSSR count). The maximum Gasteiger partial charge on any atom is 0.337 e. The Kier molecular flexibility index (Phi) is 5.88. The number of thioether (sulfide) groups is 1. The van der Waals surface area contributed by atoms with Crippen molar-refractivity contribution in [2.45, 2.75) is 37.8 Å². The van der Waals surface area contributed by atoms with Crippen LogP contribution in [0.5, 0.6) is 0 Å². The number of carbonyl (C=O) groups is 2. The number of anilines is 1. The molecule has 26 heavy (non-hydrogen) atoms. The van der Waals surface area contributed by atoms with Gasteiger partial charge in [0.25, 0.3) is 0 Å². The summed E-state index contributed by atoms with van der Waals surface area (Å²) >= 11 is 1.32. The molecule has 1 aromatic carbocycles. The number of rotatable bonds is 5. The van der Waals surface area contributed by atoms with Gasteiger partial charge in [0, 0.05) is 17.1 Å². The number of esters is 1. The predicted octanol–water partition coefficient (Wildman–Crippen LogP) is 3.18. The largest absolute Gasteiger partial charge is 0.465 e. The number of benzene rings is 1. The first-order valence-electron chi connectivity index (χ1n) is 8.54. The third-order valence-corrected chi connectivity index (χ3v) is 5.12. The second-order valence-corrected chi connectivity index (χ2v) is 7.08. The van der Waals surface area contributed by atoms with Crippen molar-refractivity contribution < 1.29 is 14.3 Å². The summed E-state index contributed by atoms with van der Waals surface area (Å²) in [6.07, 6.45) is 4.38. The van der Waals surface area contributed by atoms with E-state index in [0.29, 0.717) is 16.4 Å². The first kappa shape index (κ1) is 18.4. The number of aromatic nitrogens is 2. The van der Waals surface area contributed by atoms with Crippen LogP contribution in [0.15, 0.2) is 29.4 Å². The number of hydrogen-bond donors (Lipinski definition) is 1. The molecule has 0 saturated carbocycles. The summed E-state index contributed by atoms with van der Waals surface area (Å²) in [6.45, 7) is 2.01. The fourth-order valence-corrected chi connectivity index (χ4v) is 3.70. The van der Waals surface area contributed by atoms with Crippen molar-refractivity contribution in [3.05, 3.63) is 46.8 Å². The highest BCUT2D eigenvalue weighted by Crippen LogP contribution is 2.24. The second kappa shape index (κ2) is 8.31. The summed E-state index contributed by atoms with van der Waals surface area (Å²) in [5, 5.41) is 3.43. The quantitative estimate of drug-likeness (QED) is 0.494. The monoisotopic (exact) mass is 371 g/mol. The van der Waals surface area contributed by atoms with Crippen LogP contribution in [0.1, 0.15) is 40.2 Å². The van der Waals surface area contributed by atoms with Crippen molar-refractivity contribution in [2.75, 3.05) is 18.2 Å². The Bertz CT molecular complexity index is 839. The molecule has 1 N–H and O–H groups in total. The van der Waals surface area contributed by atoms with Gasteiger partial charge in [0.2, 0.25) is 5.91 Å². The fourth-order valence-electron chi connectivity index (χ4n) is 2.99. The van der Waals surface area contributed by atoms with Gasteiger partial charge in [0.15, 0.2) is 5.16 Å². The lowest BCUT2D eigenvalue weighted by molar-refractivity contribution is -0.113. The zero-order valence-corrected chi connectivity index (χ0v) is 15.7. The Hall–Kier alpha value is -2.41. The number of methoxy groups -OCH3 is 1. The van der Waals surface area contributed by atoms with Gasteiger partial charge in [-0.3, -0.25) is 4.79 Å². The Balaban J connectivity index is 1.61. The zero-order valence-electron chi connectivity index (χ0n) is 14.9. The van der Waals surface area contributed by atoms with Gasteiger partial charge < -0.3 is 10.1 Å². The van der Waals surface area contributed by atoms with Gasteiger partial charge in [0.05, 0.1) is 18.4 Å². The summed E-state index contributed by atoms with van der Waals surface area (Å²) in [4.78, 5) is 32.9. The number of amides is 1. The van der Waals surface area contributed by atoms with Crippen LogP contribution in [0.2, 0.25) is 0 Å². The SMILES string of the molecule is COC(=O)c1cccc(NC(=O)CSc2nc(C)c3c(n2)CCCC3)c1. The molecule has 0 aliphatic heterocycles. The van der Waals surface area contributed by atoms with Crippen LogP contribution >= 0.6 is 11.8 Å². The second-order valence-electron chi connectivity index (χ2n) is 6.13. The highest BCUT2D eigenvalue weighted by Gasteiger charge is 2.16. The molecule has 0 atom stereocenters. The van der Waals surface area contributed by atoms with Gasteiger partial charge >= 0.3 is 5.97 Å². The maximum atomic E-state index is 12.2. The molecule has 2 aromatic rings. The number of nitrogens with one attached hydrogen (secondary N) is 1. The lowest BCUT2D eigenvalue weighted by Gasteiger charge is -2.17. The molecule has 1 amide bonds. The van der Waals surface area contributed by atoms with E-state index < -0.39 is 5.97 Å². The summed E-state index contributed by atoms with van der Waals surface area (Å²) in [6, 6.07) is 6.66. The number of carbonyl (C=O) groups excluding carboxylic acids is 2. The summed E-state index contributed by atoms with van der Waals surface area (Å²) in [5.41, 5.74) is 4.36. The minimum Gasteiger partial charge on any atom is -0.465 e. The van der Waals surface area contributed by atoms with Gasteiger partial charge in [-0.15, -0.1) is 0 Å². The molecule has 0 radical (unpaired) electrons. The van der Waals surface area contributed by atoms with Crippen LogP contribution in [0.3, 0.4) is 0 Å². The number of ether oxygens (including phenoxy) is 1. The highest BCUT2D eigenvalue weighted by molar-refractivity contribution is 7.99. The number of aryl methyl sites for hydroxylation is 2. The van der Waals surface area contributed by atoms with Crippen molar-refractivity contribution in [3.8, 4) is 0 Å². The van der Waals surface area contributed by atoms with Crippen molar-refractivity contribution in [1.29, 1.82) is 0 Å². The third-order valence-electron chi connectivity index (χ3n) is 4.27. The molecule has 0 saturated heterocycles. The predicted molar refractivity (Wildman–Crippen MR) is 101 cm³/mol.